The van der Waals surface area contributed by atoms with E-state index in [0.717, 1.165) is 22.4 Å². The highest BCUT2D eigenvalue weighted by Gasteiger charge is 2.37. The molecule has 3 N–H and O–H groups in total. The van der Waals surface area contributed by atoms with Crippen LogP contribution in [0.1, 0.15) is 36.1 Å². The quantitative estimate of drug-likeness (QED) is 0.134. The Morgan fingerprint density at radius 3 is 2.07 bits per heavy atom. The normalized spacial score (nSPS) is 12.8. The molecule has 0 radical (unpaired) electrons. The fourth-order valence-electron chi connectivity index (χ4n) is 5.02. The Morgan fingerprint density at radius 2 is 1.51 bits per heavy atom. The molecule has 0 saturated carbocycles. The molecule has 10 nitrogen and oxygen atoms in total. The zero-order valence-corrected chi connectivity index (χ0v) is 23.7. The molecule has 5 rings (SSSR count). The highest BCUT2D eigenvalue weighted by Crippen LogP contribution is 2.41. The van der Waals surface area contributed by atoms with E-state index in [0.29, 0.717) is 23.4 Å². The summed E-state index contributed by atoms with van der Waals surface area (Å²) in [6.45, 7) is 2.07. The molecule has 0 bridgehead atoms. The van der Waals surface area contributed by atoms with Gasteiger partial charge in [-0.25, -0.2) is 15.0 Å². The van der Waals surface area contributed by atoms with Gasteiger partial charge in [-0.15, -0.1) is 0 Å². The second-order valence-electron chi connectivity index (χ2n) is 9.61. The van der Waals surface area contributed by atoms with Crippen molar-refractivity contribution < 1.29 is 23.8 Å². The summed E-state index contributed by atoms with van der Waals surface area (Å²) >= 11 is 0. The highest BCUT2D eigenvalue weighted by atomic mass is 31.2. The molecule has 212 valence electrons. The summed E-state index contributed by atoms with van der Waals surface area (Å²) in [5.41, 5.74) is 3.26. The van der Waals surface area contributed by atoms with Crippen molar-refractivity contribution in [1.82, 2.24) is 19.5 Å². The minimum atomic E-state index is -4.27. The predicted molar refractivity (Wildman–Crippen MR) is 157 cm³/mol. The van der Waals surface area contributed by atoms with E-state index in [1.54, 1.807) is 13.4 Å². The Morgan fingerprint density at radius 1 is 0.902 bits per heavy atom. The number of rotatable bonds is 12. The molecule has 0 aliphatic heterocycles. The predicted octanol–water partition coefficient (Wildman–Crippen LogP) is 5.34. The number of ether oxygens (including phenoxy) is 2. The Hall–Kier alpha value is -4.08. The lowest BCUT2D eigenvalue weighted by Gasteiger charge is -2.37. The van der Waals surface area contributed by atoms with Crippen molar-refractivity contribution in [1.29, 1.82) is 0 Å². The number of anilines is 1. The zero-order chi connectivity index (χ0) is 28.9. The second-order valence-corrected chi connectivity index (χ2v) is 11.2. The molecule has 1 unspecified atom stereocenters. The van der Waals surface area contributed by atoms with Crippen LogP contribution in [0, 0.1) is 0 Å². The minimum Gasteiger partial charge on any atom is -0.497 e. The van der Waals surface area contributed by atoms with Crippen LogP contribution < -0.4 is 10.1 Å². The van der Waals surface area contributed by atoms with Crippen LogP contribution in [0.15, 0.2) is 97.6 Å². The first-order valence-corrected chi connectivity index (χ1v) is 15.0. The van der Waals surface area contributed by atoms with Gasteiger partial charge in [-0.2, -0.15) is 0 Å². The van der Waals surface area contributed by atoms with E-state index in [1.165, 1.54) is 6.33 Å². The number of methoxy groups -OCH3 is 1. The highest BCUT2D eigenvalue weighted by molar-refractivity contribution is 7.51. The lowest BCUT2D eigenvalue weighted by molar-refractivity contribution is 0.123. The molecular weight excluding hydrogens is 541 g/mol. The van der Waals surface area contributed by atoms with Crippen molar-refractivity contribution >= 4 is 24.6 Å². The number of nitrogens with one attached hydrogen (secondary N) is 1. The van der Waals surface area contributed by atoms with Gasteiger partial charge in [0.15, 0.2) is 11.5 Å². The first-order valence-electron chi connectivity index (χ1n) is 13.2. The van der Waals surface area contributed by atoms with Gasteiger partial charge < -0.3 is 29.1 Å². The maximum atomic E-state index is 11.3. The summed E-state index contributed by atoms with van der Waals surface area (Å²) in [6.07, 6.45) is 3.15. The first kappa shape index (κ1) is 28.4. The van der Waals surface area contributed by atoms with Crippen molar-refractivity contribution in [3.63, 3.8) is 0 Å². The molecule has 5 aromatic rings. The summed E-state index contributed by atoms with van der Waals surface area (Å²) in [7, 11) is -2.63. The Kier molecular flexibility index (Phi) is 8.46. The minimum absolute atomic E-state index is 0.101. The van der Waals surface area contributed by atoms with Gasteiger partial charge in [0.05, 0.1) is 26.1 Å². The monoisotopic (exact) mass is 573 g/mol. The van der Waals surface area contributed by atoms with Crippen molar-refractivity contribution in [2.45, 2.75) is 24.9 Å². The van der Waals surface area contributed by atoms with E-state index in [4.69, 9.17) is 9.47 Å². The molecule has 2 heterocycles. The lowest BCUT2D eigenvalue weighted by Crippen LogP contribution is -2.38. The SMILES string of the molecule is CCC(COCP(=O)(O)O)n1cnc2c(NC(c3ccccc3)(c3ccccc3)c3ccc(OC)cc3)ncnc21. The van der Waals surface area contributed by atoms with Crippen LogP contribution in [0.4, 0.5) is 5.82 Å². The number of aromatic nitrogens is 4. The molecule has 0 aliphatic rings. The van der Waals surface area contributed by atoms with Crippen molar-refractivity contribution in [2.24, 2.45) is 0 Å². The van der Waals surface area contributed by atoms with Gasteiger partial charge in [0.1, 0.15) is 29.5 Å². The molecule has 3 aromatic carbocycles. The average molecular weight is 574 g/mol. The molecular formula is C30H32N5O5P. The average Bonchev–Trinajstić information content (AvgIpc) is 3.43. The molecule has 0 amide bonds. The van der Waals surface area contributed by atoms with Gasteiger partial charge >= 0.3 is 7.60 Å². The third-order valence-electron chi connectivity index (χ3n) is 7.04. The van der Waals surface area contributed by atoms with Crippen molar-refractivity contribution in [2.75, 3.05) is 25.4 Å². The van der Waals surface area contributed by atoms with E-state index in [2.05, 4.69) is 44.5 Å². The topological polar surface area (TPSA) is 132 Å². The van der Waals surface area contributed by atoms with Crippen LogP contribution in [-0.2, 0) is 14.8 Å². The summed E-state index contributed by atoms with van der Waals surface area (Å²) in [6, 6.07) is 28.0. The lowest BCUT2D eigenvalue weighted by atomic mass is 9.77. The molecule has 2 aromatic heterocycles. The number of hydrogen-bond acceptors (Lipinski definition) is 7. The molecule has 11 heteroatoms. The van der Waals surface area contributed by atoms with Crippen molar-refractivity contribution in [3.8, 4) is 5.75 Å². The zero-order valence-electron chi connectivity index (χ0n) is 22.8. The fourth-order valence-corrected chi connectivity index (χ4v) is 5.37. The van der Waals surface area contributed by atoms with Crippen LogP contribution in [0.2, 0.25) is 0 Å². The summed E-state index contributed by atoms with van der Waals surface area (Å²) in [5, 5.41) is 3.75. The smallest absolute Gasteiger partial charge is 0.350 e. The van der Waals surface area contributed by atoms with Gasteiger partial charge in [0, 0.05) is 0 Å². The van der Waals surface area contributed by atoms with Gasteiger partial charge in [-0.1, -0.05) is 79.7 Å². The van der Waals surface area contributed by atoms with Gasteiger partial charge in [0.2, 0.25) is 0 Å². The fraction of sp³-hybridized carbons (Fsp3) is 0.233. The van der Waals surface area contributed by atoms with E-state index in [1.807, 2.05) is 72.2 Å². The van der Waals surface area contributed by atoms with Crippen LogP contribution in [-0.4, -0.2) is 49.4 Å². The van der Waals surface area contributed by atoms with E-state index >= 15 is 0 Å². The summed E-state index contributed by atoms with van der Waals surface area (Å²) < 4.78 is 23.9. The third kappa shape index (κ3) is 6.01. The Balaban J connectivity index is 1.63. The molecule has 0 saturated heterocycles. The molecule has 0 fully saturated rings. The van der Waals surface area contributed by atoms with Gasteiger partial charge in [-0.05, 0) is 35.2 Å². The first-order chi connectivity index (χ1) is 19.9. The van der Waals surface area contributed by atoms with Gasteiger partial charge in [-0.3, -0.25) is 4.57 Å². The van der Waals surface area contributed by atoms with Crippen LogP contribution in [0.5, 0.6) is 5.75 Å². The molecule has 0 aliphatic carbocycles. The van der Waals surface area contributed by atoms with Crippen molar-refractivity contribution in [3.05, 3.63) is 114 Å². The van der Waals surface area contributed by atoms with Crippen LogP contribution in [0.25, 0.3) is 11.2 Å². The van der Waals surface area contributed by atoms with Crippen LogP contribution >= 0.6 is 7.60 Å². The molecule has 1 atom stereocenters. The molecule has 0 spiro atoms. The maximum absolute atomic E-state index is 11.3. The number of hydrogen-bond donors (Lipinski definition) is 3. The third-order valence-corrected chi connectivity index (χ3v) is 7.55. The van der Waals surface area contributed by atoms with E-state index in [-0.39, 0.29) is 12.6 Å². The molecule has 41 heavy (non-hydrogen) atoms. The maximum Gasteiger partial charge on any atom is 0.350 e. The Labute approximate surface area is 238 Å². The Bertz CT molecular complexity index is 1580. The second kappa shape index (κ2) is 12.2. The number of fused-ring (bicyclic) bond motifs is 1. The van der Waals surface area contributed by atoms with Gasteiger partial charge in [0.25, 0.3) is 0 Å². The number of nitrogens with zero attached hydrogens (tertiary/aromatic N) is 4. The summed E-state index contributed by atoms with van der Waals surface area (Å²) in [4.78, 5) is 32.2. The largest absolute Gasteiger partial charge is 0.497 e. The van der Waals surface area contributed by atoms with E-state index < -0.39 is 19.5 Å². The number of imidazole rings is 1. The van der Waals surface area contributed by atoms with Crippen LogP contribution in [0.3, 0.4) is 0 Å². The number of benzene rings is 3. The standard InChI is InChI=1S/C30H32N5O5P/c1-3-25(18-40-21-41(36,37)38)35-20-33-27-28(31-19-32-29(27)35)34-30(22-10-6-4-7-11-22,23-12-8-5-9-13-23)24-14-16-26(39-2)17-15-24/h4-17,19-20,25H,3,18,21H2,1-2H3,(H,31,32,34)(H2,36,37,38). The summed E-state index contributed by atoms with van der Waals surface area (Å²) in [5.74, 6) is 1.28. The van der Waals surface area contributed by atoms with E-state index in [9.17, 15) is 14.4 Å².